The van der Waals surface area contributed by atoms with Crippen LogP contribution in [0.25, 0.3) is 0 Å². The van der Waals surface area contributed by atoms with Gasteiger partial charge in [-0.3, -0.25) is 48.4 Å². The summed E-state index contributed by atoms with van der Waals surface area (Å²) in [6.07, 6.45) is 0. The summed E-state index contributed by atoms with van der Waals surface area (Å²) in [6, 6.07) is 30.5. The van der Waals surface area contributed by atoms with Crippen LogP contribution in [0.1, 0.15) is 98.0 Å². The number of carbonyl (C=O) groups excluding carboxylic acids is 6. The van der Waals surface area contributed by atoms with E-state index in [0.29, 0.717) is 57.1 Å². The van der Waals surface area contributed by atoms with Gasteiger partial charge in [0.15, 0.2) is 0 Å². The van der Waals surface area contributed by atoms with E-state index in [1.165, 1.54) is 17.0 Å². The van der Waals surface area contributed by atoms with Crippen molar-refractivity contribution in [1.82, 2.24) is 9.80 Å². The Hall–Kier alpha value is -8.27. The van der Waals surface area contributed by atoms with Crippen molar-refractivity contribution in [3.8, 4) is 23.0 Å². The number of halogens is 1. The summed E-state index contributed by atoms with van der Waals surface area (Å²) in [5.41, 5.74) is 10.6. The molecule has 0 saturated carbocycles. The lowest BCUT2D eigenvalue weighted by atomic mass is 9.87. The average Bonchev–Trinajstić information content (AvgIpc) is 4.10. The highest BCUT2D eigenvalue weighted by Crippen LogP contribution is 2.47. The molecule has 4 aliphatic heterocycles. The van der Waals surface area contributed by atoms with Crippen LogP contribution in [0.4, 0.5) is 11.4 Å². The predicted octanol–water partition coefficient (Wildman–Crippen LogP) is 8.76. The third kappa shape index (κ3) is 12.0. The minimum absolute atomic E-state index is 0. The van der Waals surface area contributed by atoms with E-state index >= 15 is 0 Å². The molecule has 18 nitrogen and oxygen atoms in total. The second kappa shape index (κ2) is 25.0. The number of phenols is 1. The van der Waals surface area contributed by atoms with E-state index in [-0.39, 0.29) is 69.8 Å². The van der Waals surface area contributed by atoms with Crippen molar-refractivity contribution in [2.75, 3.05) is 48.6 Å². The topological polar surface area (TPSA) is 260 Å². The van der Waals surface area contributed by atoms with Crippen LogP contribution < -0.4 is 23.5 Å². The Labute approximate surface area is 478 Å². The molecule has 0 unspecified atom stereocenters. The van der Waals surface area contributed by atoms with Crippen molar-refractivity contribution >= 4 is 78.6 Å². The molecule has 21 heteroatoms. The Morgan fingerprint density at radius 3 is 1.32 bits per heavy atom. The number of ether oxygens (including phenoxy) is 2. The van der Waals surface area contributed by atoms with Crippen molar-refractivity contribution in [1.29, 1.82) is 0 Å². The Morgan fingerprint density at radius 2 is 0.926 bits per heavy atom. The number of β-lactam (4-membered cyclic amide) rings is 2. The smallest absolute Gasteiger partial charge is 0.310 e. The highest BCUT2D eigenvalue weighted by atomic mass is 35.7. The highest BCUT2D eigenvalue weighted by molar-refractivity contribution is 8.21. The molecule has 0 bridgehead atoms. The van der Waals surface area contributed by atoms with Gasteiger partial charge < -0.3 is 29.7 Å². The minimum atomic E-state index is -4.18. The Balaban J connectivity index is 0.000000218. The molecule has 2 fully saturated rings. The van der Waals surface area contributed by atoms with Gasteiger partial charge in [0.2, 0.25) is 0 Å². The van der Waals surface area contributed by atoms with Crippen LogP contribution in [0.5, 0.6) is 23.0 Å². The quantitative estimate of drug-likeness (QED) is 0.0463. The molecule has 424 valence electrons. The zero-order valence-electron chi connectivity index (χ0n) is 45.7. The standard InChI is InChI=1S/C30H28N2O7S.C20H21NO3.C10H8ClNO2S.2H2O/c1-17-10-11-21(27-20(4)28(33)32(27)22-14-18(2)19(3)26(16-22)38-5)15-25(17)39-40(36,37)13-12-31-29(34)23-8-6-7-9-24(23)30(31)35;1-11-6-7-15(9-17(11)22)19-14(4)20(23)21(19)16-8-12(2)13(3)18(10-16)24-5;11-15-6-5-12-9(13)7-3-1-2-4-8(7)10(12)14;;/h6-11,14-16,27H,4,12-13H2,1-3,5H3;6-10,19,22H,4H2,1-3,5H3;1-4H,5-6H2;2*1H2/t27-;19-;;;/m11.../s1. The van der Waals surface area contributed by atoms with E-state index < -0.39 is 33.7 Å². The zero-order chi connectivity index (χ0) is 57.4. The normalized spacial score (nSPS) is 16.0. The number of benzene rings is 6. The maximum absolute atomic E-state index is 12.9. The molecule has 4 heterocycles. The summed E-state index contributed by atoms with van der Waals surface area (Å²) in [4.78, 5) is 79.4. The first-order valence-electron chi connectivity index (χ1n) is 24.8. The van der Waals surface area contributed by atoms with E-state index in [2.05, 4.69) is 13.2 Å². The van der Waals surface area contributed by atoms with Crippen molar-refractivity contribution in [2.24, 2.45) is 0 Å². The number of anilines is 2. The van der Waals surface area contributed by atoms with E-state index in [0.717, 1.165) is 60.7 Å². The molecule has 6 aromatic rings. The monoisotopic (exact) mass is 1160 g/mol. The maximum atomic E-state index is 12.9. The van der Waals surface area contributed by atoms with Crippen LogP contribution in [0.15, 0.2) is 133 Å². The Morgan fingerprint density at radius 1 is 0.531 bits per heavy atom. The Kier molecular flexibility index (Phi) is 19.1. The van der Waals surface area contributed by atoms with E-state index in [9.17, 15) is 42.3 Å². The molecule has 0 radical (unpaired) electrons. The molecule has 6 amide bonds. The number of aryl methyl sites for hydroxylation is 4. The fourth-order valence-electron chi connectivity index (χ4n) is 9.57. The molecule has 2 saturated heterocycles. The summed E-state index contributed by atoms with van der Waals surface area (Å²) in [6.45, 7) is 19.3. The summed E-state index contributed by atoms with van der Waals surface area (Å²) < 4.78 is 42.2. The molecule has 81 heavy (non-hydrogen) atoms. The number of amides is 6. The number of imide groups is 2. The van der Waals surface area contributed by atoms with E-state index in [4.69, 9.17) is 24.3 Å². The number of phenolic OH excluding ortho intramolecular Hbond substituents is 1. The lowest BCUT2D eigenvalue weighted by molar-refractivity contribution is -0.119. The molecule has 4 aliphatic rings. The first-order chi connectivity index (χ1) is 37.5. The molecule has 0 spiro atoms. The average molecular weight is 1160 g/mol. The van der Waals surface area contributed by atoms with Crippen LogP contribution >= 0.6 is 21.7 Å². The minimum Gasteiger partial charge on any atom is -0.508 e. The molecule has 6 aromatic carbocycles. The van der Waals surface area contributed by atoms with E-state index in [1.807, 2.05) is 65.0 Å². The molecular formula is C60H61ClN4O14S2. The van der Waals surface area contributed by atoms with Gasteiger partial charge in [-0.2, -0.15) is 8.42 Å². The van der Waals surface area contributed by atoms with Crippen molar-refractivity contribution in [3.05, 3.63) is 200 Å². The number of methoxy groups -OCH3 is 2. The fraction of sp³-hybridized carbons (Fsp3) is 0.233. The molecule has 0 aliphatic carbocycles. The number of hydrogen-bond acceptors (Lipinski definition) is 13. The molecule has 5 N–H and O–H groups in total. The number of hydrogen-bond donors (Lipinski definition) is 1. The van der Waals surface area contributed by atoms with Gasteiger partial charge in [0, 0.05) is 53.5 Å². The fourth-order valence-corrected chi connectivity index (χ4v) is 11.0. The van der Waals surface area contributed by atoms with Crippen LogP contribution in [0.3, 0.4) is 0 Å². The Bertz CT molecular complexity index is 3610. The number of carbonyl (C=O) groups is 6. The van der Waals surface area contributed by atoms with Gasteiger partial charge in [0.05, 0.1) is 48.6 Å². The zero-order valence-corrected chi connectivity index (χ0v) is 48.1. The number of aromatic hydroxyl groups is 1. The van der Waals surface area contributed by atoms with Gasteiger partial charge in [0.25, 0.3) is 35.4 Å². The van der Waals surface area contributed by atoms with Crippen molar-refractivity contribution in [3.63, 3.8) is 0 Å². The third-order valence-electron chi connectivity index (χ3n) is 14.4. The van der Waals surface area contributed by atoms with Gasteiger partial charge in [-0.05, 0) is 145 Å². The van der Waals surface area contributed by atoms with Crippen LogP contribution in [-0.4, -0.2) is 109 Å². The second-order valence-electron chi connectivity index (χ2n) is 19.2. The lowest BCUT2D eigenvalue weighted by Gasteiger charge is -2.43. The first kappa shape index (κ1) is 61.9. The molecule has 10 rings (SSSR count). The summed E-state index contributed by atoms with van der Waals surface area (Å²) in [5.74, 6) is -0.188. The van der Waals surface area contributed by atoms with Crippen molar-refractivity contribution in [2.45, 2.75) is 53.6 Å². The summed E-state index contributed by atoms with van der Waals surface area (Å²) in [7, 11) is 5.56. The number of fused-ring (bicyclic) bond motifs is 2. The highest BCUT2D eigenvalue weighted by Gasteiger charge is 2.45. The second-order valence-corrected chi connectivity index (χ2v) is 22.2. The molecule has 2 atom stereocenters. The molecular weight excluding hydrogens is 1100 g/mol. The van der Waals surface area contributed by atoms with Gasteiger partial charge in [-0.1, -0.05) is 72.7 Å². The van der Waals surface area contributed by atoms with Gasteiger partial charge in [0.1, 0.15) is 28.8 Å². The number of rotatable bonds is 14. The SMILES string of the molecule is C=C1C(=O)N(c2cc(C)c(C)c(OC)c2)[C@H]1c1ccc(C)c(O)c1.C=C1C(=O)N(c2cc(C)c(C)c(OC)c2)[C@H]1c1ccc(C)c(OS(=O)(=O)CCN2C(=O)c3ccccc3C2=O)c1.O.O.O=C1c2ccccc2C(=O)N1CCSCl. The largest absolute Gasteiger partial charge is 0.508 e. The van der Waals surface area contributed by atoms with Gasteiger partial charge in [-0.15, -0.1) is 0 Å². The van der Waals surface area contributed by atoms with Gasteiger partial charge in [-0.25, -0.2) is 0 Å². The lowest BCUT2D eigenvalue weighted by Crippen LogP contribution is -2.48. The van der Waals surface area contributed by atoms with E-state index in [1.54, 1.807) is 97.7 Å². The molecule has 0 aromatic heterocycles. The van der Waals surface area contributed by atoms with Crippen molar-refractivity contribution < 1.29 is 66.9 Å². The maximum Gasteiger partial charge on any atom is 0.310 e. The number of nitrogens with zero attached hydrogens (tertiary/aromatic N) is 4. The summed E-state index contributed by atoms with van der Waals surface area (Å²) >= 11 is 0. The third-order valence-corrected chi connectivity index (χ3v) is 16.3. The van der Waals surface area contributed by atoms with Gasteiger partial charge >= 0.3 is 10.1 Å². The predicted molar refractivity (Wildman–Crippen MR) is 311 cm³/mol. The van der Waals surface area contributed by atoms with Crippen LogP contribution in [0, 0.1) is 41.5 Å². The van der Waals surface area contributed by atoms with Crippen LogP contribution in [-0.2, 0) is 19.7 Å². The van der Waals surface area contributed by atoms with Crippen LogP contribution in [0.2, 0.25) is 0 Å². The first-order valence-corrected chi connectivity index (χ1v) is 28.2. The summed E-state index contributed by atoms with van der Waals surface area (Å²) in [5, 5.41) is 9.99.